The monoisotopic (exact) mass is 338 g/mol. The lowest BCUT2D eigenvalue weighted by Gasteiger charge is -2.29. The van der Waals surface area contributed by atoms with Crippen LogP contribution in [0, 0.1) is 12.3 Å². The fourth-order valence-corrected chi connectivity index (χ4v) is 2.59. The number of guanidine groups is 1. The van der Waals surface area contributed by atoms with Crippen LogP contribution in [0.1, 0.15) is 12.5 Å². The molecule has 0 aliphatic rings. The maximum absolute atomic E-state index is 12.6. The fourth-order valence-electron chi connectivity index (χ4n) is 1.91. The van der Waals surface area contributed by atoms with Crippen molar-refractivity contribution in [2.45, 2.75) is 13.8 Å². The zero-order valence-electron chi connectivity index (χ0n) is 11.7. The van der Waals surface area contributed by atoms with Crippen molar-refractivity contribution < 1.29 is 4.79 Å². The molecule has 20 heavy (non-hydrogen) atoms. The number of urea groups is 1. The van der Waals surface area contributed by atoms with Crippen molar-refractivity contribution >= 4 is 33.6 Å². The molecule has 0 fully saturated rings. The summed E-state index contributed by atoms with van der Waals surface area (Å²) in [5.74, 6) is -0.293. The lowest BCUT2D eigenvalue weighted by Crippen LogP contribution is -2.49. The Bertz CT molecular complexity index is 510. The number of benzene rings is 1. The van der Waals surface area contributed by atoms with Gasteiger partial charge in [-0.15, -0.1) is 6.58 Å². The molecule has 0 saturated carbocycles. The van der Waals surface area contributed by atoms with E-state index in [1.807, 2.05) is 32.0 Å². The molecule has 0 radical (unpaired) electrons. The number of nitrogens with one attached hydrogen (secondary N) is 1. The van der Waals surface area contributed by atoms with Crippen LogP contribution in [0.4, 0.5) is 10.5 Å². The Morgan fingerprint density at radius 2 is 2.20 bits per heavy atom. The highest BCUT2D eigenvalue weighted by Crippen LogP contribution is 2.30. The summed E-state index contributed by atoms with van der Waals surface area (Å²) in [6.45, 7) is 8.07. The molecule has 6 heteroatoms. The summed E-state index contributed by atoms with van der Waals surface area (Å²) in [5.41, 5.74) is 7.23. The van der Waals surface area contributed by atoms with Crippen LogP contribution in [0.15, 0.2) is 35.3 Å². The van der Waals surface area contributed by atoms with Crippen LogP contribution in [0.25, 0.3) is 0 Å². The molecule has 1 aromatic rings. The first-order chi connectivity index (χ1) is 9.43. The second-order valence-corrected chi connectivity index (χ2v) is 5.07. The van der Waals surface area contributed by atoms with Gasteiger partial charge in [0.1, 0.15) is 0 Å². The number of carbonyl (C=O) groups excluding carboxylic acids is 1. The number of nitrogens with two attached hydrogens (primary N) is 1. The molecule has 0 aliphatic carbocycles. The number of nitrogens with zero attached hydrogens (tertiary/aromatic N) is 2. The van der Waals surface area contributed by atoms with Crippen molar-refractivity contribution in [3.63, 3.8) is 0 Å². The molecule has 0 heterocycles. The SMILES string of the molecule is C=CCN(C(=N)N)C(=O)N(CC)c1c(C)cccc1Br. The van der Waals surface area contributed by atoms with Crippen LogP contribution in [0.5, 0.6) is 0 Å². The highest BCUT2D eigenvalue weighted by molar-refractivity contribution is 9.10. The maximum Gasteiger partial charge on any atom is 0.331 e. The van der Waals surface area contributed by atoms with Gasteiger partial charge in [-0.25, -0.2) is 4.79 Å². The number of hydrogen-bond acceptors (Lipinski definition) is 2. The molecular formula is C14H19BrN4O. The molecule has 0 spiro atoms. The van der Waals surface area contributed by atoms with E-state index >= 15 is 0 Å². The second-order valence-electron chi connectivity index (χ2n) is 4.22. The zero-order chi connectivity index (χ0) is 15.3. The smallest absolute Gasteiger partial charge is 0.331 e. The molecule has 0 saturated heterocycles. The summed E-state index contributed by atoms with van der Waals surface area (Å²) >= 11 is 3.46. The van der Waals surface area contributed by atoms with Crippen LogP contribution in [0.3, 0.4) is 0 Å². The van der Waals surface area contributed by atoms with Gasteiger partial charge in [-0.05, 0) is 41.4 Å². The van der Waals surface area contributed by atoms with Gasteiger partial charge in [0.2, 0.25) is 0 Å². The fraction of sp³-hybridized carbons (Fsp3) is 0.286. The lowest BCUT2D eigenvalue weighted by molar-refractivity contribution is 0.229. The van der Waals surface area contributed by atoms with Gasteiger partial charge < -0.3 is 5.73 Å². The maximum atomic E-state index is 12.6. The van der Waals surface area contributed by atoms with Crippen molar-refractivity contribution in [1.29, 1.82) is 5.41 Å². The Labute approximate surface area is 127 Å². The lowest BCUT2D eigenvalue weighted by atomic mass is 10.2. The van der Waals surface area contributed by atoms with Gasteiger partial charge in [-0.1, -0.05) is 18.2 Å². The van der Waals surface area contributed by atoms with Gasteiger partial charge >= 0.3 is 6.03 Å². The van der Waals surface area contributed by atoms with E-state index in [0.29, 0.717) is 6.54 Å². The Morgan fingerprint density at radius 3 is 2.65 bits per heavy atom. The standard InChI is InChI=1S/C14H19BrN4O/c1-4-9-19(13(16)17)14(20)18(5-2)12-10(3)7-6-8-11(12)15/h4,6-8H,1,5,9H2,2-3H3,(H3,16,17). The Balaban J connectivity index is 3.21. The first-order valence-corrected chi connectivity index (χ1v) is 7.02. The van der Waals surface area contributed by atoms with Crippen LogP contribution < -0.4 is 10.6 Å². The summed E-state index contributed by atoms with van der Waals surface area (Å²) in [6, 6.07) is 5.38. The number of anilines is 1. The largest absolute Gasteiger partial charge is 0.370 e. The number of hydrogen-bond donors (Lipinski definition) is 2. The van der Waals surface area contributed by atoms with Gasteiger partial charge in [-0.2, -0.15) is 0 Å². The third-order valence-corrected chi connectivity index (χ3v) is 3.48. The van der Waals surface area contributed by atoms with E-state index in [-0.39, 0.29) is 18.5 Å². The van der Waals surface area contributed by atoms with E-state index in [2.05, 4.69) is 22.5 Å². The molecule has 0 aromatic heterocycles. The molecule has 1 rings (SSSR count). The van der Waals surface area contributed by atoms with Crippen LogP contribution in [-0.4, -0.2) is 30.0 Å². The quantitative estimate of drug-likeness (QED) is 0.503. The summed E-state index contributed by atoms with van der Waals surface area (Å²) in [6.07, 6.45) is 1.54. The number of para-hydroxylation sites is 1. The van der Waals surface area contributed by atoms with Crippen LogP contribution >= 0.6 is 15.9 Å². The molecule has 5 nitrogen and oxygen atoms in total. The Hall–Kier alpha value is -1.82. The third-order valence-electron chi connectivity index (χ3n) is 2.84. The van der Waals surface area contributed by atoms with Crippen LogP contribution in [0.2, 0.25) is 0 Å². The minimum Gasteiger partial charge on any atom is -0.370 e. The van der Waals surface area contributed by atoms with Crippen molar-refractivity contribution in [1.82, 2.24) is 4.90 Å². The first kappa shape index (κ1) is 16.2. The highest BCUT2D eigenvalue weighted by atomic mass is 79.9. The molecule has 2 amide bonds. The number of amides is 2. The first-order valence-electron chi connectivity index (χ1n) is 6.23. The van der Waals surface area contributed by atoms with Crippen molar-refractivity contribution in [3.05, 3.63) is 40.9 Å². The van der Waals surface area contributed by atoms with Gasteiger partial charge in [0, 0.05) is 17.6 Å². The zero-order valence-corrected chi connectivity index (χ0v) is 13.3. The van der Waals surface area contributed by atoms with E-state index < -0.39 is 0 Å². The number of aryl methyl sites for hydroxylation is 1. The van der Waals surface area contributed by atoms with Gasteiger partial charge in [0.25, 0.3) is 0 Å². The van der Waals surface area contributed by atoms with Crippen molar-refractivity contribution in [3.8, 4) is 0 Å². The topological polar surface area (TPSA) is 73.4 Å². The number of rotatable bonds is 4. The highest BCUT2D eigenvalue weighted by Gasteiger charge is 2.24. The number of halogens is 1. The van der Waals surface area contributed by atoms with Gasteiger partial charge in [-0.3, -0.25) is 15.2 Å². The Morgan fingerprint density at radius 1 is 1.55 bits per heavy atom. The summed E-state index contributed by atoms with van der Waals surface area (Å²) < 4.78 is 0.829. The summed E-state index contributed by atoms with van der Waals surface area (Å²) in [4.78, 5) is 15.3. The third kappa shape index (κ3) is 3.39. The predicted octanol–water partition coefficient (Wildman–Crippen LogP) is 3.09. The second kappa shape index (κ2) is 7.09. The van der Waals surface area contributed by atoms with Crippen molar-refractivity contribution in [2.75, 3.05) is 18.0 Å². The molecular weight excluding hydrogens is 320 g/mol. The van der Waals surface area contributed by atoms with E-state index in [0.717, 1.165) is 15.7 Å². The average molecular weight is 339 g/mol. The van der Waals surface area contributed by atoms with Gasteiger partial charge in [0.05, 0.1) is 5.69 Å². The average Bonchev–Trinajstić information content (AvgIpc) is 2.39. The summed E-state index contributed by atoms with van der Waals surface area (Å²) in [7, 11) is 0. The molecule has 0 atom stereocenters. The molecule has 1 aromatic carbocycles. The van der Waals surface area contributed by atoms with Gasteiger partial charge in [0.15, 0.2) is 5.96 Å². The Kier molecular flexibility index (Phi) is 5.76. The van der Waals surface area contributed by atoms with E-state index in [9.17, 15) is 4.79 Å². The van der Waals surface area contributed by atoms with E-state index in [1.54, 1.807) is 11.0 Å². The predicted molar refractivity (Wildman–Crippen MR) is 86.1 cm³/mol. The number of carbonyl (C=O) groups is 1. The minimum absolute atomic E-state index is 0.203. The van der Waals surface area contributed by atoms with Crippen LogP contribution in [-0.2, 0) is 0 Å². The van der Waals surface area contributed by atoms with E-state index in [4.69, 9.17) is 11.1 Å². The molecule has 0 bridgehead atoms. The normalized spacial score (nSPS) is 9.95. The van der Waals surface area contributed by atoms with Crippen molar-refractivity contribution in [2.24, 2.45) is 5.73 Å². The molecule has 0 unspecified atom stereocenters. The molecule has 0 aliphatic heterocycles. The summed E-state index contributed by atoms with van der Waals surface area (Å²) in [5, 5.41) is 7.52. The minimum atomic E-state index is -0.338. The molecule has 108 valence electrons. The van der Waals surface area contributed by atoms with E-state index in [1.165, 1.54) is 4.90 Å². The molecule has 3 N–H and O–H groups in total.